The van der Waals surface area contributed by atoms with Crippen LogP contribution in [0, 0.1) is 0 Å². The third kappa shape index (κ3) is 2.23. The predicted octanol–water partition coefficient (Wildman–Crippen LogP) is 1.31. The maximum Gasteiger partial charge on any atom is 0.534 e. The lowest BCUT2D eigenvalue weighted by atomic mass is 10.1. The number of fused-ring (bicyclic) bond motifs is 1. The fourth-order valence-corrected chi connectivity index (χ4v) is 1.89. The van der Waals surface area contributed by atoms with Crippen molar-refractivity contribution in [2.45, 2.75) is 11.6 Å². The summed E-state index contributed by atoms with van der Waals surface area (Å²) in [4.78, 5) is 0. The molecular formula is C9H8F3NO4S. The Morgan fingerprint density at radius 2 is 2.06 bits per heavy atom. The second kappa shape index (κ2) is 4.02. The predicted molar refractivity (Wildman–Crippen MR) is 54.5 cm³/mol. The molecule has 1 aromatic carbocycles. The van der Waals surface area contributed by atoms with Crippen molar-refractivity contribution in [1.29, 1.82) is 0 Å². The SMILES string of the molecule is NC1COc2cc(OS(=O)(=O)C(F)(F)F)ccc21. The van der Waals surface area contributed by atoms with Crippen molar-refractivity contribution < 1.29 is 30.5 Å². The van der Waals surface area contributed by atoms with E-state index in [9.17, 15) is 21.6 Å². The van der Waals surface area contributed by atoms with Gasteiger partial charge in [0.15, 0.2) is 0 Å². The Labute approximate surface area is 100 Å². The van der Waals surface area contributed by atoms with Crippen molar-refractivity contribution >= 4 is 10.1 Å². The monoisotopic (exact) mass is 283 g/mol. The molecule has 5 nitrogen and oxygen atoms in total. The third-order valence-corrected chi connectivity index (χ3v) is 3.27. The first-order chi connectivity index (χ1) is 8.21. The molecule has 0 aromatic heterocycles. The second-order valence-electron chi connectivity index (χ2n) is 3.60. The summed E-state index contributed by atoms with van der Waals surface area (Å²) in [5.74, 6) is -0.252. The van der Waals surface area contributed by atoms with Crippen LogP contribution in [-0.2, 0) is 10.1 Å². The minimum absolute atomic E-state index is 0.185. The van der Waals surface area contributed by atoms with E-state index in [-0.39, 0.29) is 18.4 Å². The molecule has 1 unspecified atom stereocenters. The summed E-state index contributed by atoms with van der Waals surface area (Å²) in [6.45, 7) is 0.185. The molecule has 1 aromatic rings. The van der Waals surface area contributed by atoms with Gasteiger partial charge in [0.05, 0.1) is 6.04 Å². The number of ether oxygens (including phenoxy) is 1. The molecule has 1 atom stereocenters. The summed E-state index contributed by atoms with van der Waals surface area (Å²) in [5, 5.41) is 0. The highest BCUT2D eigenvalue weighted by Gasteiger charge is 2.48. The van der Waals surface area contributed by atoms with E-state index in [0.29, 0.717) is 5.56 Å². The number of benzene rings is 1. The van der Waals surface area contributed by atoms with Crippen LogP contribution in [0.2, 0.25) is 0 Å². The van der Waals surface area contributed by atoms with Crippen LogP contribution in [0.15, 0.2) is 18.2 Å². The largest absolute Gasteiger partial charge is 0.534 e. The molecule has 0 aliphatic carbocycles. The van der Waals surface area contributed by atoms with Gasteiger partial charge in [-0.15, -0.1) is 0 Å². The third-order valence-electron chi connectivity index (χ3n) is 2.29. The van der Waals surface area contributed by atoms with Crippen LogP contribution in [0.4, 0.5) is 13.2 Å². The van der Waals surface area contributed by atoms with Crippen LogP contribution in [0.3, 0.4) is 0 Å². The molecule has 1 heterocycles. The Morgan fingerprint density at radius 1 is 1.39 bits per heavy atom. The van der Waals surface area contributed by atoms with Crippen LogP contribution in [-0.4, -0.2) is 20.5 Å². The van der Waals surface area contributed by atoms with Gasteiger partial charge in [0.2, 0.25) is 0 Å². The molecular weight excluding hydrogens is 275 g/mol. The van der Waals surface area contributed by atoms with Crippen molar-refractivity contribution in [3.8, 4) is 11.5 Å². The van der Waals surface area contributed by atoms with E-state index in [1.54, 1.807) is 0 Å². The summed E-state index contributed by atoms with van der Waals surface area (Å²) in [7, 11) is -5.67. The molecule has 0 saturated heterocycles. The zero-order chi connectivity index (χ0) is 13.6. The Kier molecular flexibility index (Phi) is 2.90. The first-order valence-electron chi connectivity index (χ1n) is 4.74. The smallest absolute Gasteiger partial charge is 0.491 e. The molecule has 2 N–H and O–H groups in total. The van der Waals surface area contributed by atoms with Gasteiger partial charge in [-0.05, 0) is 12.1 Å². The molecule has 0 saturated carbocycles. The van der Waals surface area contributed by atoms with Crippen molar-refractivity contribution in [1.82, 2.24) is 0 Å². The molecule has 100 valence electrons. The van der Waals surface area contributed by atoms with Gasteiger partial charge in [-0.1, -0.05) is 0 Å². The highest BCUT2D eigenvalue weighted by Crippen LogP contribution is 2.35. The molecule has 9 heteroatoms. The summed E-state index contributed by atoms with van der Waals surface area (Å²) >= 11 is 0. The van der Waals surface area contributed by atoms with Gasteiger partial charge in [0, 0.05) is 11.6 Å². The number of rotatable bonds is 2. The minimum Gasteiger partial charge on any atom is -0.491 e. The first kappa shape index (κ1) is 13.0. The molecule has 1 aliphatic heterocycles. The van der Waals surface area contributed by atoms with Crippen molar-refractivity contribution in [2.75, 3.05) is 6.61 Å². The maximum absolute atomic E-state index is 12.1. The average Bonchev–Trinajstić information content (AvgIpc) is 2.58. The lowest BCUT2D eigenvalue weighted by Crippen LogP contribution is -2.28. The number of nitrogens with two attached hydrogens (primary N) is 1. The Bertz CT molecular complexity index is 570. The van der Waals surface area contributed by atoms with Crippen LogP contribution < -0.4 is 14.7 Å². The van der Waals surface area contributed by atoms with Gasteiger partial charge in [-0.2, -0.15) is 21.6 Å². The summed E-state index contributed by atoms with van der Waals surface area (Å²) in [6, 6.07) is 3.14. The Balaban J connectivity index is 2.28. The molecule has 0 fully saturated rings. The van der Waals surface area contributed by atoms with Crippen LogP contribution in [0.5, 0.6) is 11.5 Å². The number of alkyl halides is 3. The van der Waals surface area contributed by atoms with Gasteiger partial charge in [0.1, 0.15) is 18.1 Å². The van der Waals surface area contributed by atoms with Gasteiger partial charge in [-0.3, -0.25) is 0 Å². The Morgan fingerprint density at radius 3 is 2.67 bits per heavy atom. The maximum atomic E-state index is 12.1. The molecule has 0 bridgehead atoms. The van der Waals surface area contributed by atoms with E-state index in [4.69, 9.17) is 10.5 Å². The molecule has 18 heavy (non-hydrogen) atoms. The topological polar surface area (TPSA) is 78.6 Å². The number of halogens is 3. The zero-order valence-corrected chi connectivity index (χ0v) is 9.59. The average molecular weight is 283 g/mol. The van der Waals surface area contributed by atoms with E-state index < -0.39 is 21.4 Å². The summed E-state index contributed by atoms with van der Waals surface area (Å²) in [5.41, 5.74) is 0.749. The van der Waals surface area contributed by atoms with Crippen LogP contribution in [0.25, 0.3) is 0 Å². The van der Waals surface area contributed by atoms with Gasteiger partial charge in [0.25, 0.3) is 0 Å². The standard InChI is InChI=1S/C9H8F3NO4S/c10-9(11,12)18(14,15)17-5-1-2-6-7(13)4-16-8(6)3-5/h1-3,7H,4,13H2. The number of hydrogen-bond acceptors (Lipinski definition) is 5. The van der Waals surface area contributed by atoms with Gasteiger partial charge >= 0.3 is 15.6 Å². The minimum atomic E-state index is -5.67. The van der Waals surface area contributed by atoms with Gasteiger partial charge < -0.3 is 14.7 Å². The lowest BCUT2D eigenvalue weighted by Gasteiger charge is -2.10. The molecule has 0 amide bonds. The van der Waals surface area contributed by atoms with Crippen LogP contribution in [0.1, 0.15) is 11.6 Å². The van der Waals surface area contributed by atoms with Gasteiger partial charge in [-0.25, -0.2) is 0 Å². The van der Waals surface area contributed by atoms with Crippen LogP contribution >= 0.6 is 0 Å². The molecule has 0 radical (unpaired) electrons. The normalized spacial score (nSPS) is 19.2. The first-order valence-corrected chi connectivity index (χ1v) is 6.14. The van der Waals surface area contributed by atoms with Crippen molar-refractivity contribution in [3.05, 3.63) is 23.8 Å². The van der Waals surface area contributed by atoms with E-state index >= 15 is 0 Å². The second-order valence-corrected chi connectivity index (χ2v) is 5.14. The van der Waals surface area contributed by atoms with E-state index in [1.165, 1.54) is 6.07 Å². The molecule has 2 rings (SSSR count). The van der Waals surface area contributed by atoms with E-state index in [1.807, 2.05) is 0 Å². The molecule has 1 aliphatic rings. The Hall–Kier alpha value is -1.48. The van der Waals surface area contributed by atoms with Crippen molar-refractivity contribution in [3.63, 3.8) is 0 Å². The summed E-state index contributed by atoms with van der Waals surface area (Å²) in [6.07, 6.45) is 0. The van der Waals surface area contributed by atoms with E-state index in [0.717, 1.165) is 12.1 Å². The zero-order valence-electron chi connectivity index (χ0n) is 8.77. The lowest BCUT2D eigenvalue weighted by molar-refractivity contribution is -0.0500. The fourth-order valence-electron chi connectivity index (χ4n) is 1.44. The molecule has 0 spiro atoms. The fraction of sp³-hybridized carbons (Fsp3) is 0.333. The van der Waals surface area contributed by atoms with Crippen molar-refractivity contribution in [2.24, 2.45) is 5.73 Å². The highest BCUT2D eigenvalue weighted by molar-refractivity contribution is 7.87. The quantitative estimate of drug-likeness (QED) is 0.654. The van der Waals surface area contributed by atoms with E-state index in [2.05, 4.69) is 4.18 Å². The highest BCUT2D eigenvalue weighted by atomic mass is 32.2. The summed E-state index contributed by atoms with van der Waals surface area (Å²) < 4.78 is 66.8. The number of hydrogen-bond donors (Lipinski definition) is 1.